The summed E-state index contributed by atoms with van der Waals surface area (Å²) < 4.78 is 3.21. The molecule has 0 radical (unpaired) electrons. The highest BCUT2D eigenvalue weighted by atomic mass is 32.1. The van der Waals surface area contributed by atoms with Crippen LogP contribution in [0.3, 0.4) is 0 Å². The molecule has 2 rings (SSSR count). The molecular weight excluding hydrogens is 204 g/mol. The van der Waals surface area contributed by atoms with Crippen molar-refractivity contribution in [1.82, 2.24) is 4.57 Å². The van der Waals surface area contributed by atoms with Gasteiger partial charge in [0, 0.05) is 6.54 Å². The molecule has 0 fully saturated rings. The Morgan fingerprint density at radius 3 is 2.87 bits per heavy atom. The number of rotatable bonds is 2. The third kappa shape index (κ3) is 1.63. The Labute approximate surface area is 93.0 Å². The normalized spacial score (nSPS) is 10.8. The maximum absolute atomic E-state index is 7.90. The van der Waals surface area contributed by atoms with Crippen molar-refractivity contribution in [3.8, 4) is 0 Å². The smallest absolute Gasteiger partial charge is 0.183 e. The number of hydrogen-bond donors (Lipinski definition) is 1. The lowest BCUT2D eigenvalue weighted by Crippen LogP contribution is -2.11. The fourth-order valence-electron chi connectivity index (χ4n) is 1.84. The summed E-state index contributed by atoms with van der Waals surface area (Å²) in [5.41, 5.74) is 3.66. The molecule has 0 unspecified atom stereocenters. The average Bonchev–Trinajstić information content (AvgIpc) is 2.46. The van der Waals surface area contributed by atoms with Crippen molar-refractivity contribution < 1.29 is 0 Å². The van der Waals surface area contributed by atoms with Gasteiger partial charge in [-0.1, -0.05) is 23.5 Å². The molecule has 1 aromatic carbocycles. The van der Waals surface area contributed by atoms with Crippen LogP contribution in [-0.2, 0) is 6.54 Å². The molecule has 0 saturated carbocycles. The number of thiazole rings is 1. The largest absolute Gasteiger partial charge is 0.313 e. The minimum atomic E-state index is 0.596. The molecule has 78 valence electrons. The molecule has 2 aromatic rings. The number of allylic oxidation sites excluding steroid dienone is 1. The van der Waals surface area contributed by atoms with Crippen molar-refractivity contribution in [2.45, 2.75) is 20.4 Å². The lowest BCUT2D eigenvalue weighted by atomic mass is 10.1. The van der Waals surface area contributed by atoms with Crippen LogP contribution >= 0.6 is 11.3 Å². The standard InChI is InChI=1S/C12H14N2S/c1-4-5-14-10-7-8(2)6-9(3)11(10)15-12(14)13/h4,6-7,13H,1,5H2,2-3H3. The highest BCUT2D eigenvalue weighted by molar-refractivity contribution is 7.16. The van der Waals surface area contributed by atoms with Crippen molar-refractivity contribution in [3.63, 3.8) is 0 Å². The van der Waals surface area contributed by atoms with Crippen LogP contribution in [0.5, 0.6) is 0 Å². The number of benzene rings is 1. The minimum absolute atomic E-state index is 0.596. The minimum Gasteiger partial charge on any atom is -0.313 e. The lowest BCUT2D eigenvalue weighted by molar-refractivity contribution is 0.811. The molecule has 15 heavy (non-hydrogen) atoms. The predicted molar refractivity (Wildman–Crippen MR) is 65.3 cm³/mol. The van der Waals surface area contributed by atoms with E-state index >= 15 is 0 Å². The lowest BCUT2D eigenvalue weighted by Gasteiger charge is -2.02. The quantitative estimate of drug-likeness (QED) is 0.751. The molecular formula is C12H14N2S. The van der Waals surface area contributed by atoms with Crippen molar-refractivity contribution >= 4 is 21.6 Å². The first-order valence-electron chi connectivity index (χ1n) is 4.89. The number of aromatic nitrogens is 1. The van der Waals surface area contributed by atoms with Crippen LogP contribution in [0, 0.1) is 19.3 Å². The second kappa shape index (κ2) is 3.66. The number of nitrogens with zero attached hydrogens (tertiary/aromatic N) is 1. The highest BCUT2D eigenvalue weighted by Gasteiger charge is 2.06. The van der Waals surface area contributed by atoms with E-state index in [1.54, 1.807) is 0 Å². The first-order chi connectivity index (χ1) is 7.13. The van der Waals surface area contributed by atoms with Gasteiger partial charge in [0.05, 0.1) is 10.2 Å². The summed E-state index contributed by atoms with van der Waals surface area (Å²) in [6, 6.07) is 4.30. The van der Waals surface area contributed by atoms with E-state index in [1.165, 1.54) is 27.2 Å². The Morgan fingerprint density at radius 1 is 1.47 bits per heavy atom. The Bertz CT molecular complexity index is 575. The molecule has 1 aromatic heterocycles. The van der Waals surface area contributed by atoms with Gasteiger partial charge in [-0.05, 0) is 31.0 Å². The van der Waals surface area contributed by atoms with Gasteiger partial charge in [0.1, 0.15) is 0 Å². The first kappa shape index (κ1) is 10.2. The molecule has 0 aliphatic rings. The molecule has 3 heteroatoms. The maximum Gasteiger partial charge on any atom is 0.183 e. The zero-order chi connectivity index (χ0) is 11.0. The summed E-state index contributed by atoms with van der Waals surface area (Å²) >= 11 is 1.54. The van der Waals surface area contributed by atoms with Crippen LogP contribution in [-0.4, -0.2) is 4.57 Å². The third-order valence-electron chi connectivity index (χ3n) is 2.45. The van der Waals surface area contributed by atoms with E-state index < -0.39 is 0 Å². The second-order valence-electron chi connectivity index (χ2n) is 3.74. The zero-order valence-corrected chi connectivity index (χ0v) is 9.82. The molecule has 0 aliphatic carbocycles. The molecule has 1 heterocycles. The van der Waals surface area contributed by atoms with Gasteiger partial charge in [-0.15, -0.1) is 6.58 Å². The first-order valence-corrected chi connectivity index (χ1v) is 5.71. The number of hydrogen-bond acceptors (Lipinski definition) is 2. The predicted octanol–water partition coefficient (Wildman–Crippen LogP) is 2.99. The fourth-order valence-corrected chi connectivity index (χ4v) is 2.81. The Hall–Kier alpha value is -1.35. The highest BCUT2D eigenvalue weighted by Crippen LogP contribution is 2.23. The van der Waals surface area contributed by atoms with Crippen molar-refractivity contribution in [1.29, 1.82) is 5.41 Å². The van der Waals surface area contributed by atoms with E-state index in [9.17, 15) is 0 Å². The molecule has 2 nitrogen and oxygen atoms in total. The van der Waals surface area contributed by atoms with Crippen molar-refractivity contribution in [3.05, 3.63) is 40.7 Å². The van der Waals surface area contributed by atoms with Crippen molar-refractivity contribution in [2.75, 3.05) is 0 Å². The van der Waals surface area contributed by atoms with E-state index in [-0.39, 0.29) is 0 Å². The number of nitrogens with one attached hydrogen (secondary N) is 1. The van der Waals surface area contributed by atoms with Crippen LogP contribution in [0.4, 0.5) is 0 Å². The zero-order valence-electron chi connectivity index (χ0n) is 9.00. The summed E-state index contributed by atoms with van der Waals surface area (Å²) in [6.07, 6.45) is 1.84. The second-order valence-corrected chi connectivity index (χ2v) is 4.74. The Balaban J connectivity index is 2.86. The Morgan fingerprint density at radius 2 is 2.20 bits per heavy atom. The summed E-state index contributed by atoms with van der Waals surface area (Å²) in [4.78, 5) is 0.596. The van der Waals surface area contributed by atoms with E-state index in [0.29, 0.717) is 11.3 Å². The summed E-state index contributed by atoms with van der Waals surface area (Å²) in [5, 5.41) is 7.90. The molecule has 0 aliphatic heterocycles. The van der Waals surface area contributed by atoms with Gasteiger partial charge in [0.25, 0.3) is 0 Å². The van der Waals surface area contributed by atoms with Gasteiger partial charge < -0.3 is 4.57 Å². The molecule has 1 N–H and O–H groups in total. The third-order valence-corrected chi connectivity index (χ3v) is 3.59. The monoisotopic (exact) mass is 218 g/mol. The average molecular weight is 218 g/mol. The summed E-state index contributed by atoms with van der Waals surface area (Å²) in [6.45, 7) is 8.63. The molecule has 0 amide bonds. The van der Waals surface area contributed by atoms with Crippen LogP contribution in [0.2, 0.25) is 0 Å². The van der Waals surface area contributed by atoms with E-state index in [0.717, 1.165) is 5.52 Å². The van der Waals surface area contributed by atoms with Gasteiger partial charge in [-0.3, -0.25) is 5.41 Å². The van der Waals surface area contributed by atoms with E-state index in [1.807, 2.05) is 10.6 Å². The van der Waals surface area contributed by atoms with Gasteiger partial charge in [-0.2, -0.15) is 0 Å². The van der Waals surface area contributed by atoms with Gasteiger partial charge >= 0.3 is 0 Å². The van der Waals surface area contributed by atoms with Gasteiger partial charge in [-0.25, -0.2) is 0 Å². The fraction of sp³-hybridized carbons (Fsp3) is 0.250. The van der Waals surface area contributed by atoms with Crippen LogP contribution in [0.25, 0.3) is 10.2 Å². The molecule has 0 spiro atoms. The maximum atomic E-state index is 7.90. The molecule has 0 saturated heterocycles. The van der Waals surface area contributed by atoms with Crippen LogP contribution in [0.1, 0.15) is 11.1 Å². The SMILES string of the molecule is C=CCn1c(=N)sc2c(C)cc(C)cc21. The number of fused-ring (bicyclic) bond motifs is 1. The summed E-state index contributed by atoms with van der Waals surface area (Å²) in [7, 11) is 0. The van der Waals surface area contributed by atoms with Gasteiger partial charge in [0.2, 0.25) is 0 Å². The molecule has 0 bridgehead atoms. The summed E-state index contributed by atoms with van der Waals surface area (Å²) in [5.74, 6) is 0. The topological polar surface area (TPSA) is 28.8 Å². The van der Waals surface area contributed by atoms with Crippen LogP contribution in [0.15, 0.2) is 24.8 Å². The van der Waals surface area contributed by atoms with Crippen LogP contribution < -0.4 is 4.80 Å². The van der Waals surface area contributed by atoms with Crippen molar-refractivity contribution in [2.24, 2.45) is 0 Å². The van der Waals surface area contributed by atoms with E-state index in [2.05, 4.69) is 32.6 Å². The van der Waals surface area contributed by atoms with Gasteiger partial charge in [0.15, 0.2) is 4.80 Å². The van der Waals surface area contributed by atoms with E-state index in [4.69, 9.17) is 5.41 Å². The number of aryl methyl sites for hydroxylation is 2. The molecule has 0 atom stereocenters. The Kier molecular flexibility index (Phi) is 2.49.